The minimum absolute atomic E-state index is 0.115. The molecule has 1 unspecified atom stereocenters. The van der Waals surface area contributed by atoms with E-state index in [1.165, 1.54) is 17.3 Å². The Morgan fingerprint density at radius 2 is 1.61 bits per heavy atom. The van der Waals surface area contributed by atoms with E-state index in [-0.39, 0.29) is 17.2 Å². The molecule has 3 nitrogen and oxygen atoms in total. The van der Waals surface area contributed by atoms with Gasteiger partial charge in [-0.2, -0.15) is 0 Å². The zero-order chi connectivity index (χ0) is 13.9. The van der Waals surface area contributed by atoms with E-state index in [1.807, 2.05) is 53.0 Å². The van der Waals surface area contributed by atoms with Gasteiger partial charge in [0.15, 0.2) is 0 Å². The van der Waals surface area contributed by atoms with Crippen molar-refractivity contribution in [3.63, 3.8) is 0 Å². The fourth-order valence-electron chi connectivity index (χ4n) is 1.55. The molecule has 0 aromatic rings. The van der Waals surface area contributed by atoms with Crippen LogP contribution in [0.25, 0.3) is 0 Å². The van der Waals surface area contributed by atoms with Gasteiger partial charge in [0.1, 0.15) is 4.99 Å². The van der Waals surface area contributed by atoms with Crippen LogP contribution < -0.4 is 0 Å². The van der Waals surface area contributed by atoms with Crippen molar-refractivity contribution in [3.8, 4) is 0 Å². The first kappa shape index (κ1) is 16.0. The maximum atomic E-state index is 12.9. The molecule has 1 heterocycles. The van der Waals surface area contributed by atoms with Gasteiger partial charge in [-0.1, -0.05) is 6.08 Å². The molecule has 0 spiro atoms. The van der Waals surface area contributed by atoms with E-state index in [9.17, 15) is 4.57 Å². The zero-order valence-electron chi connectivity index (χ0n) is 12.0. The first-order valence-corrected chi connectivity index (χ1v) is 8.77. The molecule has 0 bridgehead atoms. The van der Waals surface area contributed by atoms with Crippen LogP contribution >= 0.6 is 19.4 Å². The van der Waals surface area contributed by atoms with Crippen molar-refractivity contribution in [2.24, 2.45) is 0 Å². The Labute approximate surface area is 115 Å². The van der Waals surface area contributed by atoms with E-state index in [2.05, 4.69) is 0 Å². The number of thioether (sulfide) groups is 1. The quantitative estimate of drug-likeness (QED) is 0.671. The predicted molar refractivity (Wildman–Crippen MR) is 78.9 cm³/mol. The molecular weight excluding hydrogens is 267 g/mol. The monoisotopic (exact) mass is 290 g/mol. The summed E-state index contributed by atoms with van der Waals surface area (Å²) < 4.78 is 24.1. The Morgan fingerprint density at radius 3 is 2.00 bits per heavy atom. The maximum absolute atomic E-state index is 12.9. The number of rotatable bonds is 5. The van der Waals surface area contributed by atoms with Crippen molar-refractivity contribution in [2.45, 2.75) is 58.7 Å². The fourth-order valence-corrected chi connectivity index (χ4v) is 5.31. The van der Waals surface area contributed by atoms with Crippen LogP contribution in [0.2, 0.25) is 0 Å². The predicted octanol–water partition coefficient (Wildman–Crippen LogP) is 4.95. The summed E-state index contributed by atoms with van der Waals surface area (Å²) in [5.74, 6) is 0. The lowest BCUT2D eigenvalue weighted by Crippen LogP contribution is -2.16. The first-order valence-electron chi connectivity index (χ1n) is 6.22. The van der Waals surface area contributed by atoms with E-state index in [1.54, 1.807) is 0 Å². The van der Waals surface area contributed by atoms with Crippen molar-refractivity contribution < 1.29 is 13.6 Å². The van der Waals surface area contributed by atoms with Gasteiger partial charge in [0.2, 0.25) is 0 Å². The Balaban J connectivity index is 2.95. The lowest BCUT2D eigenvalue weighted by molar-refractivity contribution is 0.143. The number of hydrogen-bond acceptors (Lipinski definition) is 4. The highest BCUT2D eigenvalue weighted by Gasteiger charge is 2.38. The smallest absolute Gasteiger partial charge is 0.305 e. The van der Waals surface area contributed by atoms with Gasteiger partial charge in [-0.3, -0.25) is 4.57 Å². The SMILES string of the molecule is CC1=CSC(P(=O)(OC(C)C)OC(C)C)C=C1C. The molecule has 1 aliphatic rings. The average molecular weight is 290 g/mol. The van der Waals surface area contributed by atoms with Crippen molar-refractivity contribution in [3.05, 3.63) is 22.6 Å². The van der Waals surface area contributed by atoms with Crippen LogP contribution in [0.4, 0.5) is 0 Å². The highest BCUT2D eigenvalue weighted by molar-refractivity contribution is 8.08. The van der Waals surface area contributed by atoms with Gasteiger partial charge in [-0.15, -0.1) is 11.8 Å². The largest absolute Gasteiger partial charge is 0.348 e. The zero-order valence-corrected chi connectivity index (χ0v) is 13.7. The van der Waals surface area contributed by atoms with Crippen molar-refractivity contribution >= 4 is 19.4 Å². The highest BCUT2D eigenvalue weighted by Crippen LogP contribution is 2.60. The van der Waals surface area contributed by atoms with Crippen LogP contribution in [0, 0.1) is 0 Å². The molecule has 1 aliphatic heterocycles. The molecule has 0 aliphatic carbocycles. The second kappa shape index (κ2) is 6.42. The van der Waals surface area contributed by atoms with Gasteiger partial charge in [-0.25, -0.2) is 0 Å². The first-order chi connectivity index (χ1) is 8.24. The maximum Gasteiger partial charge on any atom is 0.348 e. The second-order valence-corrected chi connectivity index (χ2v) is 8.45. The average Bonchev–Trinajstić information content (AvgIpc) is 2.19. The second-order valence-electron chi connectivity index (χ2n) is 5.03. The minimum Gasteiger partial charge on any atom is -0.305 e. The van der Waals surface area contributed by atoms with Crippen LogP contribution in [0.1, 0.15) is 41.5 Å². The van der Waals surface area contributed by atoms with Gasteiger partial charge in [0.05, 0.1) is 12.2 Å². The topological polar surface area (TPSA) is 35.5 Å². The van der Waals surface area contributed by atoms with Crippen LogP contribution in [-0.2, 0) is 13.6 Å². The third-order valence-electron chi connectivity index (χ3n) is 2.43. The summed E-state index contributed by atoms with van der Waals surface area (Å²) in [6, 6.07) is 0. The van der Waals surface area contributed by atoms with Gasteiger partial charge < -0.3 is 9.05 Å². The molecule has 1 atom stereocenters. The summed E-state index contributed by atoms with van der Waals surface area (Å²) in [4.78, 5) is -0.244. The standard InChI is InChI=1S/C13H23O3PS/c1-9(2)15-17(14,16-10(3)4)13-7-11(5)12(6)8-18-13/h7-10,13H,1-6H3. The molecule has 0 amide bonds. The molecule has 0 N–H and O–H groups in total. The lowest BCUT2D eigenvalue weighted by Gasteiger charge is -2.29. The van der Waals surface area contributed by atoms with Crippen LogP contribution in [0.3, 0.4) is 0 Å². The van der Waals surface area contributed by atoms with Crippen LogP contribution in [0.5, 0.6) is 0 Å². The van der Waals surface area contributed by atoms with Crippen molar-refractivity contribution in [1.82, 2.24) is 0 Å². The normalized spacial score (nSPS) is 21.2. The molecule has 5 heteroatoms. The molecule has 0 saturated carbocycles. The molecule has 0 saturated heterocycles. The van der Waals surface area contributed by atoms with Gasteiger partial charge in [0.25, 0.3) is 0 Å². The Bertz CT molecular complexity index is 385. The molecule has 0 radical (unpaired) electrons. The highest BCUT2D eigenvalue weighted by atomic mass is 32.2. The molecule has 0 aromatic carbocycles. The molecular formula is C13H23O3PS. The summed E-state index contributed by atoms with van der Waals surface area (Å²) in [5, 5.41) is 2.03. The van der Waals surface area contributed by atoms with Crippen LogP contribution in [-0.4, -0.2) is 17.2 Å². The molecule has 0 aromatic heterocycles. The molecule has 18 heavy (non-hydrogen) atoms. The third-order valence-corrected chi connectivity index (χ3v) is 6.67. The molecule has 104 valence electrons. The van der Waals surface area contributed by atoms with Crippen molar-refractivity contribution in [1.29, 1.82) is 0 Å². The van der Waals surface area contributed by atoms with E-state index in [4.69, 9.17) is 9.05 Å². The van der Waals surface area contributed by atoms with Crippen LogP contribution in [0.15, 0.2) is 22.6 Å². The number of allylic oxidation sites excluding steroid dienone is 2. The molecule has 1 rings (SSSR count). The summed E-state index contributed by atoms with van der Waals surface area (Å²) in [6.07, 6.45) is 1.76. The minimum atomic E-state index is -3.13. The van der Waals surface area contributed by atoms with E-state index in [0.29, 0.717) is 0 Å². The van der Waals surface area contributed by atoms with Gasteiger partial charge in [0, 0.05) is 0 Å². The molecule has 0 fully saturated rings. The van der Waals surface area contributed by atoms with Crippen molar-refractivity contribution in [2.75, 3.05) is 0 Å². The summed E-state index contributed by atoms with van der Waals surface area (Å²) in [5.41, 5.74) is 2.34. The van der Waals surface area contributed by atoms with E-state index >= 15 is 0 Å². The fraction of sp³-hybridized carbons (Fsp3) is 0.692. The van der Waals surface area contributed by atoms with Gasteiger partial charge >= 0.3 is 7.60 Å². The third kappa shape index (κ3) is 4.27. The Hall–Kier alpha value is -0.0200. The van der Waals surface area contributed by atoms with E-state index < -0.39 is 7.60 Å². The Morgan fingerprint density at radius 1 is 1.11 bits per heavy atom. The summed E-state index contributed by atoms with van der Waals surface area (Å²) in [6.45, 7) is 11.6. The van der Waals surface area contributed by atoms with E-state index in [0.717, 1.165) is 5.57 Å². The van der Waals surface area contributed by atoms with Gasteiger partial charge in [-0.05, 0) is 58.1 Å². The Kier molecular flexibility index (Phi) is 5.72. The lowest BCUT2D eigenvalue weighted by atomic mass is 10.1. The number of hydrogen-bond donors (Lipinski definition) is 0. The summed E-state index contributed by atoms with van der Waals surface area (Å²) >= 11 is 1.51. The summed E-state index contributed by atoms with van der Waals surface area (Å²) in [7, 11) is -3.13.